The first-order chi connectivity index (χ1) is 17.6. The maximum Gasteiger partial charge on any atom is 0.321 e. The van der Waals surface area contributed by atoms with E-state index in [1.807, 2.05) is 29.4 Å². The highest BCUT2D eigenvalue weighted by Crippen LogP contribution is 2.27. The summed E-state index contributed by atoms with van der Waals surface area (Å²) in [5, 5.41) is 12.0. The summed E-state index contributed by atoms with van der Waals surface area (Å²) in [6.07, 6.45) is 6.34. The third-order valence-corrected chi connectivity index (χ3v) is 7.59. The Labute approximate surface area is 210 Å². The molecule has 2 aromatic carbocycles. The summed E-state index contributed by atoms with van der Waals surface area (Å²) in [4.78, 5) is 25.2. The molecule has 3 N–H and O–H groups in total. The summed E-state index contributed by atoms with van der Waals surface area (Å²) in [6, 6.07) is 13.4. The van der Waals surface area contributed by atoms with Crippen LogP contribution in [0.5, 0.6) is 11.8 Å². The first kappa shape index (κ1) is 23.3. The van der Waals surface area contributed by atoms with Crippen LogP contribution >= 0.6 is 0 Å². The van der Waals surface area contributed by atoms with Crippen LogP contribution in [0.3, 0.4) is 0 Å². The second kappa shape index (κ2) is 10.1. The largest absolute Gasteiger partial charge is 0.424 e. The molecule has 3 aliphatic rings. The molecule has 4 heterocycles. The summed E-state index contributed by atoms with van der Waals surface area (Å²) in [5.41, 5.74) is 8.66. The molecule has 1 aromatic heterocycles. The summed E-state index contributed by atoms with van der Waals surface area (Å²) in [7, 11) is 0. The number of aromatic nitrogens is 2. The molecule has 36 heavy (non-hydrogen) atoms. The average Bonchev–Trinajstić information content (AvgIpc) is 3.56. The highest BCUT2D eigenvalue weighted by molar-refractivity contribution is 5.84. The number of carbonyl (C=O) groups is 1. The molecule has 0 spiro atoms. The van der Waals surface area contributed by atoms with E-state index < -0.39 is 6.10 Å². The van der Waals surface area contributed by atoms with Gasteiger partial charge >= 0.3 is 6.01 Å². The van der Waals surface area contributed by atoms with Gasteiger partial charge in [-0.3, -0.25) is 20.5 Å². The van der Waals surface area contributed by atoms with Crippen molar-refractivity contribution in [1.29, 1.82) is 0 Å². The maximum atomic E-state index is 12.1. The Balaban J connectivity index is 1.05. The molecule has 1 amide bonds. The van der Waals surface area contributed by atoms with Gasteiger partial charge in [0.2, 0.25) is 0 Å². The average molecular weight is 489 g/mol. The molecule has 9 heteroatoms. The quantitative estimate of drug-likeness (QED) is 0.487. The molecule has 3 aliphatic heterocycles. The third-order valence-electron chi connectivity index (χ3n) is 7.59. The van der Waals surface area contributed by atoms with Gasteiger partial charge in [-0.05, 0) is 60.2 Å². The van der Waals surface area contributed by atoms with Crippen molar-refractivity contribution >= 4 is 16.7 Å². The van der Waals surface area contributed by atoms with Crippen molar-refractivity contribution in [2.75, 3.05) is 26.2 Å². The zero-order chi connectivity index (χ0) is 24.5. The predicted molar refractivity (Wildman–Crippen MR) is 135 cm³/mol. The van der Waals surface area contributed by atoms with Crippen LogP contribution in [0.25, 0.3) is 10.8 Å². The number of nitrogens with zero attached hydrogens (tertiary/aromatic N) is 4. The van der Waals surface area contributed by atoms with Gasteiger partial charge in [0, 0.05) is 56.7 Å². The van der Waals surface area contributed by atoms with Crippen molar-refractivity contribution in [3.8, 4) is 11.8 Å². The molecule has 0 radical (unpaired) electrons. The summed E-state index contributed by atoms with van der Waals surface area (Å²) >= 11 is 0. The number of piperidine rings is 1. The molecular formula is C27H32N6O3. The Morgan fingerprint density at radius 3 is 2.47 bits per heavy atom. The van der Waals surface area contributed by atoms with Gasteiger partial charge in [0.15, 0.2) is 0 Å². The van der Waals surface area contributed by atoms with Crippen molar-refractivity contribution in [1.82, 2.24) is 30.6 Å². The zero-order valence-electron chi connectivity index (χ0n) is 20.3. The zero-order valence-corrected chi connectivity index (χ0v) is 20.3. The van der Waals surface area contributed by atoms with Gasteiger partial charge in [0.25, 0.3) is 5.91 Å². The Kier molecular flexibility index (Phi) is 6.54. The Hall–Kier alpha value is -3.11. The number of hydrogen-bond donors (Lipinski definition) is 3. The van der Waals surface area contributed by atoms with Gasteiger partial charge in [0.05, 0.1) is 6.04 Å². The van der Waals surface area contributed by atoms with Crippen LogP contribution < -0.4 is 15.6 Å². The van der Waals surface area contributed by atoms with Crippen molar-refractivity contribution < 1.29 is 14.6 Å². The molecule has 3 fully saturated rings. The fourth-order valence-electron chi connectivity index (χ4n) is 5.53. The standard InChI is InChI=1S/C27H32N6O3/c34-25-8-12-33(26(25)35)22-6-10-32(11-7-22)17-18-1-2-20-14-23(4-3-19(20)13-18)36-27-28-15-21(16-29-27)24-5-9-30-31-24/h1-4,13-16,22,24-25,30-31,34H,5-12,17H2/t24?,25-/m0/s1. The molecule has 2 atom stereocenters. The lowest BCUT2D eigenvalue weighted by Crippen LogP contribution is -2.46. The molecule has 188 valence electrons. The number of likely N-dealkylation sites (tertiary alicyclic amines) is 2. The minimum Gasteiger partial charge on any atom is -0.424 e. The molecule has 0 bridgehead atoms. The van der Waals surface area contributed by atoms with Crippen LogP contribution in [-0.2, 0) is 11.3 Å². The van der Waals surface area contributed by atoms with Gasteiger partial charge in [-0.2, -0.15) is 0 Å². The topological polar surface area (TPSA) is 103 Å². The van der Waals surface area contributed by atoms with Gasteiger partial charge in [-0.15, -0.1) is 0 Å². The smallest absolute Gasteiger partial charge is 0.321 e. The number of ether oxygens (including phenoxy) is 1. The van der Waals surface area contributed by atoms with E-state index in [2.05, 4.69) is 50.0 Å². The second-order valence-electron chi connectivity index (χ2n) is 10.0. The fourth-order valence-corrected chi connectivity index (χ4v) is 5.53. The van der Waals surface area contributed by atoms with E-state index in [0.29, 0.717) is 24.7 Å². The number of hydrazine groups is 1. The van der Waals surface area contributed by atoms with E-state index >= 15 is 0 Å². The van der Waals surface area contributed by atoms with Gasteiger partial charge in [-0.25, -0.2) is 9.97 Å². The van der Waals surface area contributed by atoms with Gasteiger partial charge in [-0.1, -0.05) is 18.2 Å². The first-order valence-corrected chi connectivity index (χ1v) is 12.8. The van der Waals surface area contributed by atoms with Crippen molar-refractivity contribution in [2.24, 2.45) is 0 Å². The van der Waals surface area contributed by atoms with E-state index in [4.69, 9.17) is 4.74 Å². The lowest BCUT2D eigenvalue weighted by molar-refractivity contribution is -0.137. The van der Waals surface area contributed by atoms with E-state index in [9.17, 15) is 9.90 Å². The number of hydrogen-bond acceptors (Lipinski definition) is 8. The molecular weight excluding hydrogens is 456 g/mol. The Bertz CT molecular complexity index is 1220. The predicted octanol–water partition coefficient (Wildman–Crippen LogP) is 2.52. The van der Waals surface area contributed by atoms with Crippen LogP contribution in [0, 0.1) is 0 Å². The number of benzene rings is 2. The minimum absolute atomic E-state index is 0.0890. The SMILES string of the molecule is O=C1[C@@H](O)CCN1C1CCN(Cc2ccc3cc(Oc4ncc(C5CCNN5)cn4)ccc3c2)CC1. The van der Waals surface area contributed by atoms with E-state index in [0.717, 1.165) is 56.4 Å². The van der Waals surface area contributed by atoms with Crippen LogP contribution in [0.4, 0.5) is 0 Å². The fraction of sp³-hybridized carbons (Fsp3) is 0.444. The molecule has 1 unspecified atom stereocenters. The highest BCUT2D eigenvalue weighted by atomic mass is 16.5. The number of aliphatic hydroxyl groups excluding tert-OH is 1. The van der Waals surface area contributed by atoms with E-state index in [1.54, 1.807) is 0 Å². The van der Waals surface area contributed by atoms with Crippen LogP contribution in [0.15, 0.2) is 48.8 Å². The number of amides is 1. The van der Waals surface area contributed by atoms with Crippen molar-refractivity contribution in [2.45, 2.75) is 50.4 Å². The molecule has 3 saturated heterocycles. The van der Waals surface area contributed by atoms with E-state index in [1.165, 1.54) is 10.9 Å². The molecule has 6 rings (SSSR count). The molecule has 3 aromatic rings. The number of rotatable bonds is 6. The molecule has 9 nitrogen and oxygen atoms in total. The lowest BCUT2D eigenvalue weighted by Gasteiger charge is -2.36. The summed E-state index contributed by atoms with van der Waals surface area (Å²) in [6.45, 7) is 4.44. The third kappa shape index (κ3) is 4.92. The van der Waals surface area contributed by atoms with Gasteiger partial charge in [0.1, 0.15) is 11.9 Å². The summed E-state index contributed by atoms with van der Waals surface area (Å²) < 4.78 is 5.91. The van der Waals surface area contributed by atoms with Crippen LogP contribution in [0.2, 0.25) is 0 Å². The second-order valence-corrected chi connectivity index (χ2v) is 10.0. The monoisotopic (exact) mass is 488 g/mol. The van der Waals surface area contributed by atoms with Crippen molar-refractivity contribution in [3.05, 3.63) is 59.9 Å². The number of nitrogens with one attached hydrogen (secondary N) is 2. The van der Waals surface area contributed by atoms with Crippen LogP contribution in [0.1, 0.15) is 42.9 Å². The normalized spacial score (nSPS) is 23.6. The summed E-state index contributed by atoms with van der Waals surface area (Å²) in [5.74, 6) is 0.626. The maximum absolute atomic E-state index is 12.1. The molecule has 0 saturated carbocycles. The lowest BCUT2D eigenvalue weighted by atomic mass is 10.0. The Morgan fingerprint density at radius 1 is 0.972 bits per heavy atom. The van der Waals surface area contributed by atoms with Crippen LogP contribution in [-0.4, -0.2) is 69.1 Å². The molecule has 0 aliphatic carbocycles. The first-order valence-electron chi connectivity index (χ1n) is 12.8. The highest BCUT2D eigenvalue weighted by Gasteiger charge is 2.35. The van der Waals surface area contributed by atoms with E-state index in [-0.39, 0.29) is 18.0 Å². The number of fused-ring (bicyclic) bond motifs is 1. The Morgan fingerprint density at radius 2 is 1.75 bits per heavy atom. The van der Waals surface area contributed by atoms with Gasteiger partial charge < -0.3 is 14.7 Å². The number of carbonyl (C=O) groups excluding carboxylic acids is 1. The number of aliphatic hydroxyl groups is 1. The van der Waals surface area contributed by atoms with Crippen molar-refractivity contribution in [3.63, 3.8) is 0 Å². The minimum atomic E-state index is -0.795.